The second-order valence-electron chi connectivity index (χ2n) is 7.70. The Morgan fingerprint density at radius 3 is 2.29 bits per heavy atom. The minimum Gasteiger partial charge on any atom is -0.456 e. The predicted molar refractivity (Wildman–Crippen MR) is 125 cm³/mol. The number of ether oxygens (including phenoxy) is 1. The number of Topliss-reactive ketones (excluding diaryl/α,β-unsaturated/α-hetero) is 1. The first-order valence-electron chi connectivity index (χ1n) is 10.3. The van der Waals surface area contributed by atoms with Crippen LogP contribution in [0.1, 0.15) is 12.5 Å². The molecule has 2 heterocycles. The van der Waals surface area contributed by atoms with Gasteiger partial charge >= 0.3 is 5.97 Å². The third kappa shape index (κ3) is 3.88. The van der Waals surface area contributed by atoms with Crippen LogP contribution in [-0.2, 0) is 24.3 Å². The molecule has 0 spiro atoms. The summed E-state index contributed by atoms with van der Waals surface area (Å²) in [5.74, 6) is -1.08. The van der Waals surface area contributed by atoms with Gasteiger partial charge in [-0.1, -0.05) is 24.3 Å². The highest BCUT2D eigenvalue weighted by molar-refractivity contribution is 7.90. The number of carbonyl (C=O) groups is 2. The first kappa shape index (κ1) is 23.0. The average molecular weight is 480 g/mol. The molecule has 1 N–H and O–H groups in total. The lowest BCUT2D eigenvalue weighted by Crippen LogP contribution is -2.30. The molecule has 34 heavy (non-hydrogen) atoms. The third-order valence-electron chi connectivity index (χ3n) is 5.53. The summed E-state index contributed by atoms with van der Waals surface area (Å²) in [5, 5.41) is 9.67. The molecule has 0 aliphatic carbocycles. The van der Waals surface area contributed by atoms with E-state index in [0.717, 1.165) is 11.4 Å². The van der Waals surface area contributed by atoms with Gasteiger partial charge in [-0.3, -0.25) is 14.5 Å². The SMILES string of the molecule is CC(N=C1NS(=O)(=O)c2ccccc21)C(=O)OCC(=O)C(C#N)=C1N(C)c2ccccc2N1C. The summed E-state index contributed by atoms with van der Waals surface area (Å²) < 4.78 is 31.8. The summed E-state index contributed by atoms with van der Waals surface area (Å²) >= 11 is 0. The van der Waals surface area contributed by atoms with E-state index in [2.05, 4.69) is 9.71 Å². The quantitative estimate of drug-likeness (QED) is 0.388. The lowest BCUT2D eigenvalue weighted by Gasteiger charge is -2.20. The Bertz CT molecular complexity index is 1380. The second-order valence-corrected chi connectivity index (χ2v) is 9.35. The van der Waals surface area contributed by atoms with E-state index < -0.39 is 34.4 Å². The minimum atomic E-state index is -3.75. The van der Waals surface area contributed by atoms with E-state index in [-0.39, 0.29) is 16.3 Å². The number of hydrogen-bond acceptors (Lipinski definition) is 9. The highest BCUT2D eigenvalue weighted by Gasteiger charge is 2.33. The number of nitrogens with zero attached hydrogens (tertiary/aromatic N) is 4. The maximum atomic E-state index is 12.8. The molecule has 11 heteroatoms. The number of hydrogen-bond donors (Lipinski definition) is 1. The summed E-state index contributed by atoms with van der Waals surface area (Å²) in [6.07, 6.45) is 0. The molecule has 2 aromatic carbocycles. The maximum Gasteiger partial charge on any atom is 0.331 e. The zero-order chi connectivity index (χ0) is 24.6. The lowest BCUT2D eigenvalue weighted by molar-refractivity contribution is -0.147. The number of sulfonamides is 1. The van der Waals surface area contributed by atoms with E-state index in [1.807, 2.05) is 30.3 Å². The van der Waals surface area contributed by atoms with Gasteiger partial charge in [0.2, 0.25) is 5.78 Å². The van der Waals surface area contributed by atoms with E-state index in [9.17, 15) is 23.3 Å². The molecule has 1 atom stereocenters. The number of benzene rings is 2. The summed E-state index contributed by atoms with van der Waals surface area (Å²) in [6, 6.07) is 14.5. The van der Waals surface area contributed by atoms with Crippen LogP contribution in [0.2, 0.25) is 0 Å². The van der Waals surface area contributed by atoms with Crippen molar-refractivity contribution in [2.45, 2.75) is 17.9 Å². The van der Waals surface area contributed by atoms with E-state index in [4.69, 9.17) is 4.74 Å². The van der Waals surface area contributed by atoms with Crippen LogP contribution in [0, 0.1) is 11.3 Å². The number of fused-ring (bicyclic) bond motifs is 2. The monoisotopic (exact) mass is 479 g/mol. The Kier molecular flexibility index (Phi) is 5.85. The van der Waals surface area contributed by atoms with Crippen LogP contribution in [0.25, 0.3) is 0 Å². The van der Waals surface area contributed by atoms with Crippen LogP contribution >= 0.6 is 0 Å². The molecule has 2 aliphatic rings. The van der Waals surface area contributed by atoms with E-state index in [1.165, 1.54) is 13.0 Å². The van der Waals surface area contributed by atoms with Gasteiger partial charge in [0.25, 0.3) is 10.0 Å². The summed E-state index contributed by atoms with van der Waals surface area (Å²) in [5.41, 5.74) is 1.87. The summed E-state index contributed by atoms with van der Waals surface area (Å²) in [6.45, 7) is 0.772. The summed E-state index contributed by atoms with van der Waals surface area (Å²) in [4.78, 5) is 32.9. The van der Waals surface area contributed by atoms with Gasteiger partial charge in [0, 0.05) is 19.7 Å². The Morgan fingerprint density at radius 1 is 1.09 bits per heavy atom. The first-order chi connectivity index (χ1) is 16.2. The zero-order valence-corrected chi connectivity index (χ0v) is 19.5. The van der Waals surface area contributed by atoms with Crippen molar-refractivity contribution in [1.82, 2.24) is 4.72 Å². The van der Waals surface area contributed by atoms with Gasteiger partial charge < -0.3 is 14.5 Å². The van der Waals surface area contributed by atoms with Crippen LogP contribution in [0.3, 0.4) is 0 Å². The number of carbonyl (C=O) groups excluding carboxylic acids is 2. The van der Waals surface area contributed by atoms with Crippen molar-refractivity contribution in [3.8, 4) is 6.07 Å². The van der Waals surface area contributed by atoms with Gasteiger partial charge in [0.05, 0.1) is 16.3 Å². The molecule has 0 radical (unpaired) electrons. The molecule has 1 unspecified atom stereocenters. The van der Waals surface area contributed by atoms with E-state index in [0.29, 0.717) is 11.4 Å². The molecule has 0 aromatic heterocycles. The smallest absolute Gasteiger partial charge is 0.331 e. The molecule has 174 valence electrons. The Balaban J connectivity index is 1.48. The highest BCUT2D eigenvalue weighted by Crippen LogP contribution is 2.40. The number of para-hydroxylation sites is 2. The fourth-order valence-electron chi connectivity index (χ4n) is 3.86. The van der Waals surface area contributed by atoms with Crippen molar-refractivity contribution in [1.29, 1.82) is 5.26 Å². The molecule has 10 nitrogen and oxygen atoms in total. The predicted octanol–water partition coefficient (Wildman–Crippen LogP) is 1.55. The third-order valence-corrected chi connectivity index (χ3v) is 6.92. The standard InChI is InChI=1S/C23H21N5O5S/c1-14(25-21-15-8-4-7-11-20(15)34(31,32)26-21)23(30)33-13-19(29)16(12-24)22-27(2)17-9-5-6-10-18(17)28(22)3/h4-11,14H,13H2,1-3H3,(H,25,26). The van der Waals surface area contributed by atoms with Crippen LogP contribution in [0.4, 0.5) is 11.4 Å². The van der Waals surface area contributed by atoms with Gasteiger partial charge in [-0.25, -0.2) is 13.2 Å². The number of aliphatic imine (C=N–C) groups is 1. The van der Waals surface area contributed by atoms with Crippen molar-refractivity contribution in [3.63, 3.8) is 0 Å². The molecule has 4 rings (SSSR count). The zero-order valence-electron chi connectivity index (χ0n) is 18.6. The molecule has 0 bridgehead atoms. The van der Waals surface area contributed by atoms with E-state index >= 15 is 0 Å². The molecule has 2 aromatic rings. The van der Waals surface area contributed by atoms with Gasteiger partial charge in [0.1, 0.15) is 29.3 Å². The van der Waals surface area contributed by atoms with Crippen LogP contribution < -0.4 is 14.5 Å². The number of amidine groups is 1. The average Bonchev–Trinajstić information content (AvgIpc) is 3.23. The second kappa shape index (κ2) is 8.64. The number of nitriles is 1. The summed E-state index contributed by atoms with van der Waals surface area (Å²) in [7, 11) is -0.261. The van der Waals surface area contributed by atoms with Gasteiger partial charge in [-0.15, -0.1) is 0 Å². The molecule has 0 amide bonds. The fourth-order valence-corrected chi connectivity index (χ4v) is 5.10. The molecule has 0 saturated carbocycles. The Hall–Kier alpha value is -4.17. The molecular weight excluding hydrogens is 458 g/mol. The minimum absolute atomic E-state index is 0.0261. The van der Waals surface area contributed by atoms with Crippen LogP contribution in [0.5, 0.6) is 0 Å². The number of ketones is 1. The van der Waals surface area contributed by atoms with Crippen molar-refractivity contribution in [3.05, 3.63) is 65.5 Å². The number of esters is 1. The van der Waals surface area contributed by atoms with Gasteiger partial charge in [-0.05, 0) is 31.2 Å². The Morgan fingerprint density at radius 2 is 1.68 bits per heavy atom. The highest BCUT2D eigenvalue weighted by atomic mass is 32.2. The molecule has 0 saturated heterocycles. The van der Waals surface area contributed by atoms with Crippen molar-refractivity contribution in [2.75, 3.05) is 30.5 Å². The molecule has 2 aliphatic heterocycles. The molecule has 0 fully saturated rings. The molecular formula is C23H21N5O5S. The fraction of sp³-hybridized carbons (Fsp3) is 0.217. The lowest BCUT2D eigenvalue weighted by atomic mass is 10.2. The number of rotatable bonds is 5. The van der Waals surface area contributed by atoms with Crippen molar-refractivity contribution in [2.24, 2.45) is 4.99 Å². The normalized spacial score (nSPS) is 17.5. The largest absolute Gasteiger partial charge is 0.456 e. The topological polar surface area (TPSA) is 132 Å². The number of nitrogens with one attached hydrogen (secondary N) is 1. The van der Waals surface area contributed by atoms with Crippen LogP contribution in [-0.4, -0.2) is 52.8 Å². The number of anilines is 2. The van der Waals surface area contributed by atoms with Gasteiger partial charge in [-0.2, -0.15) is 5.26 Å². The van der Waals surface area contributed by atoms with Crippen LogP contribution in [0.15, 0.2) is 69.8 Å². The van der Waals surface area contributed by atoms with E-state index in [1.54, 1.807) is 42.1 Å². The van der Waals surface area contributed by atoms with Crippen molar-refractivity contribution >= 4 is 39.0 Å². The Labute approximate surface area is 196 Å². The van der Waals surface area contributed by atoms with Crippen molar-refractivity contribution < 1.29 is 22.7 Å². The van der Waals surface area contributed by atoms with Gasteiger partial charge in [0.15, 0.2) is 6.61 Å². The maximum absolute atomic E-state index is 12.8. The first-order valence-corrected chi connectivity index (χ1v) is 11.7.